The zero-order valence-corrected chi connectivity index (χ0v) is 14.2. The third kappa shape index (κ3) is 6.55. The second-order valence-corrected chi connectivity index (χ2v) is 11.1. The molecule has 0 spiro atoms. The second kappa shape index (κ2) is 7.57. The average molecular weight is 257 g/mol. The van der Waals surface area contributed by atoms with E-state index in [0.29, 0.717) is 0 Å². The number of rotatable bonds is 3. The molecule has 0 radical (unpaired) electrons. The number of hydrogen-bond donors (Lipinski definition) is 0. The molecule has 0 aromatic heterocycles. The minimum Gasteiger partial charge on any atom is -1.00 e. The molecule has 0 nitrogen and oxygen atoms in total. The summed E-state index contributed by atoms with van der Waals surface area (Å²) < 4.78 is 0. The van der Waals surface area contributed by atoms with Crippen LogP contribution in [0.4, 0.5) is 0 Å². The van der Waals surface area contributed by atoms with E-state index in [9.17, 15) is 0 Å². The van der Waals surface area contributed by atoms with E-state index >= 15 is 0 Å². The molecule has 0 saturated heterocycles. The summed E-state index contributed by atoms with van der Waals surface area (Å²) in [4.78, 5) is 0. The molecule has 3 heteroatoms. The van der Waals surface area contributed by atoms with Crippen LogP contribution in [0.5, 0.6) is 0 Å². The van der Waals surface area contributed by atoms with Gasteiger partial charge < -0.3 is 18.5 Å². The molecule has 1 aliphatic rings. The van der Waals surface area contributed by atoms with Crippen molar-refractivity contribution in [1.29, 1.82) is 0 Å². The summed E-state index contributed by atoms with van der Waals surface area (Å²) in [5.41, 5.74) is 0. The van der Waals surface area contributed by atoms with Gasteiger partial charge in [0.2, 0.25) is 0 Å². The van der Waals surface area contributed by atoms with Crippen LogP contribution in [-0.2, 0) is 0 Å². The van der Waals surface area contributed by atoms with Crippen LogP contribution < -0.4 is 12.4 Å². The molecule has 2 atom stereocenters. The molecule has 0 heterocycles. The van der Waals surface area contributed by atoms with Crippen LogP contribution in [0, 0.1) is 23.8 Å². The first-order valence-corrected chi connectivity index (χ1v) is 9.34. The van der Waals surface area contributed by atoms with E-state index in [1.807, 2.05) is 0 Å². The van der Waals surface area contributed by atoms with E-state index in [4.69, 9.17) is 0 Å². The van der Waals surface area contributed by atoms with Crippen LogP contribution in [0.15, 0.2) is 0 Å². The molecule has 0 aromatic rings. The van der Waals surface area contributed by atoms with Crippen LogP contribution in [0.1, 0.15) is 33.1 Å². The number of halogens is 1. The van der Waals surface area contributed by atoms with Gasteiger partial charge in [-0.25, -0.2) is 0 Å². The van der Waals surface area contributed by atoms with E-state index in [1.165, 1.54) is 19.3 Å². The van der Waals surface area contributed by atoms with Gasteiger partial charge in [0.05, 0.1) is 0 Å². The Hall–Kier alpha value is 1.27. The van der Waals surface area contributed by atoms with Crippen molar-refractivity contribution in [3.63, 3.8) is 0 Å². The van der Waals surface area contributed by atoms with Crippen molar-refractivity contribution >= 4 is 31.1 Å². The van der Waals surface area contributed by atoms with Gasteiger partial charge >= 0.3 is 23.1 Å². The Balaban J connectivity index is 0. The van der Waals surface area contributed by atoms with Crippen molar-refractivity contribution in [2.45, 2.75) is 52.8 Å². The fourth-order valence-electron chi connectivity index (χ4n) is 2.69. The standard InChI is InChI=1S/C12H25Si.ClH.Mg/c1-10(2)12-8-6-7-11(12)9-13(3,4)5;;/h9-12H,6-8H2,1-5H3;1H;/q-1;;+2/p-1. The maximum absolute atomic E-state index is 2.73. The van der Waals surface area contributed by atoms with Gasteiger partial charge in [0, 0.05) is 0 Å². The first kappa shape index (κ1) is 18.6. The molecule has 1 aliphatic carbocycles. The Kier molecular flexibility index (Phi) is 9.40. The van der Waals surface area contributed by atoms with E-state index in [-0.39, 0.29) is 35.5 Å². The summed E-state index contributed by atoms with van der Waals surface area (Å²) in [7, 11) is -0.935. The Morgan fingerprint density at radius 1 is 1.13 bits per heavy atom. The molecule has 0 amide bonds. The Morgan fingerprint density at radius 2 is 1.67 bits per heavy atom. The molecule has 0 N–H and O–H groups in total. The van der Waals surface area contributed by atoms with Gasteiger partial charge in [0.1, 0.15) is 0 Å². The van der Waals surface area contributed by atoms with E-state index < -0.39 is 8.07 Å². The maximum Gasteiger partial charge on any atom is 2.00 e. The maximum atomic E-state index is 2.73. The molecule has 15 heavy (non-hydrogen) atoms. The predicted octanol–water partition coefficient (Wildman–Crippen LogP) is 0.764. The molecule has 1 rings (SSSR count). The van der Waals surface area contributed by atoms with Crippen molar-refractivity contribution in [2.24, 2.45) is 17.8 Å². The third-order valence-corrected chi connectivity index (χ3v) is 4.62. The molecule has 86 valence electrons. The summed E-state index contributed by atoms with van der Waals surface area (Å²) in [5.74, 6) is 2.83. The molecule has 1 fully saturated rings. The van der Waals surface area contributed by atoms with Crippen molar-refractivity contribution in [3.05, 3.63) is 6.04 Å². The SMILES string of the molecule is CC(C)C1CCCC1[CH-][Si](C)(C)C.[Cl-].[Mg+2]. The second-order valence-electron chi connectivity index (χ2n) is 6.04. The Morgan fingerprint density at radius 3 is 2.07 bits per heavy atom. The van der Waals surface area contributed by atoms with Gasteiger partial charge in [-0.3, -0.25) is 0 Å². The normalized spacial score (nSPS) is 26.0. The zero-order valence-electron chi connectivity index (χ0n) is 11.0. The van der Waals surface area contributed by atoms with Gasteiger partial charge in [0.15, 0.2) is 0 Å². The van der Waals surface area contributed by atoms with Gasteiger partial charge in [-0.1, -0.05) is 58.7 Å². The van der Waals surface area contributed by atoms with Crippen molar-refractivity contribution in [3.8, 4) is 0 Å². The fraction of sp³-hybridized carbons (Fsp3) is 0.917. The van der Waals surface area contributed by atoms with Crippen molar-refractivity contribution < 1.29 is 12.4 Å². The molecule has 0 aliphatic heterocycles. The first-order valence-electron chi connectivity index (χ1n) is 5.76. The zero-order chi connectivity index (χ0) is 10.1. The first-order chi connectivity index (χ1) is 5.90. The van der Waals surface area contributed by atoms with E-state index in [0.717, 1.165) is 17.8 Å². The van der Waals surface area contributed by atoms with Gasteiger partial charge in [0.25, 0.3) is 0 Å². The van der Waals surface area contributed by atoms with E-state index in [2.05, 4.69) is 39.5 Å². The summed E-state index contributed by atoms with van der Waals surface area (Å²) in [6, 6.07) is 2.73. The van der Waals surface area contributed by atoms with Crippen LogP contribution in [-0.4, -0.2) is 31.1 Å². The van der Waals surface area contributed by atoms with Crippen LogP contribution in [0.3, 0.4) is 0 Å². The summed E-state index contributed by atoms with van der Waals surface area (Å²) in [5, 5.41) is 0. The monoisotopic (exact) mass is 256 g/mol. The molecular formula is C12H25ClMgSi. The summed E-state index contributed by atoms with van der Waals surface area (Å²) in [6.07, 6.45) is 4.41. The minimum absolute atomic E-state index is 0. The quantitative estimate of drug-likeness (QED) is 0.517. The Labute approximate surface area is 120 Å². The van der Waals surface area contributed by atoms with Gasteiger partial charge in [-0.15, -0.1) is 8.07 Å². The molecule has 0 bridgehead atoms. The Bertz CT molecular complexity index is 165. The third-order valence-electron chi connectivity index (χ3n) is 3.20. The molecular weight excluding hydrogens is 232 g/mol. The van der Waals surface area contributed by atoms with Crippen LogP contribution >= 0.6 is 0 Å². The fourth-order valence-corrected chi connectivity index (χ4v) is 4.39. The van der Waals surface area contributed by atoms with E-state index in [1.54, 1.807) is 0 Å². The van der Waals surface area contributed by atoms with Gasteiger partial charge in [-0.2, -0.15) is 5.92 Å². The predicted molar refractivity (Wildman–Crippen MR) is 69.1 cm³/mol. The largest absolute Gasteiger partial charge is 2.00 e. The van der Waals surface area contributed by atoms with Crippen molar-refractivity contribution in [2.75, 3.05) is 0 Å². The topological polar surface area (TPSA) is 0 Å². The minimum atomic E-state index is -0.935. The number of hydrogen-bond acceptors (Lipinski definition) is 0. The van der Waals surface area contributed by atoms with Crippen molar-refractivity contribution in [1.82, 2.24) is 0 Å². The molecule has 0 aromatic carbocycles. The summed E-state index contributed by atoms with van der Waals surface area (Å²) >= 11 is 0. The average Bonchev–Trinajstić information content (AvgIpc) is 2.31. The molecule has 2 unspecified atom stereocenters. The van der Waals surface area contributed by atoms with Crippen LogP contribution in [0.25, 0.3) is 0 Å². The summed E-state index contributed by atoms with van der Waals surface area (Å²) in [6.45, 7) is 12.2. The molecule has 1 saturated carbocycles. The smallest absolute Gasteiger partial charge is 1.00 e. The van der Waals surface area contributed by atoms with Crippen LogP contribution in [0.2, 0.25) is 19.6 Å². The van der Waals surface area contributed by atoms with Gasteiger partial charge in [-0.05, 0) is 5.92 Å².